The minimum Gasteiger partial charge on any atom is -0.355 e. The first-order valence-corrected chi connectivity index (χ1v) is 14.4. The zero-order valence-corrected chi connectivity index (χ0v) is 24.0. The smallest absolute Gasteiger partial charge is 0.244 e. The first-order chi connectivity index (χ1) is 16.7. The van der Waals surface area contributed by atoms with Gasteiger partial charge < -0.3 is 10.2 Å². The second-order valence-corrected chi connectivity index (χ2v) is 12.4. The van der Waals surface area contributed by atoms with Crippen molar-refractivity contribution in [3.63, 3.8) is 0 Å². The van der Waals surface area contributed by atoms with Crippen LogP contribution in [-0.2, 0) is 31.6 Å². The fourth-order valence-electron chi connectivity index (χ4n) is 3.79. The molecule has 0 heterocycles. The Hall–Kier alpha value is -2.29. The van der Waals surface area contributed by atoms with Crippen molar-refractivity contribution < 1.29 is 18.0 Å². The number of amides is 2. The SMILES string of the molecule is CCNC(=O)[C@H](CC)N(Cc1ccc(Cl)c(Cl)c1)C(=O)CN(c1ccc(C(C)(C)C)cc1)S(C)(=O)=O. The zero-order valence-electron chi connectivity index (χ0n) is 21.6. The fraction of sp³-hybridized carbons (Fsp3) is 0.462. The Balaban J connectivity index is 2.46. The van der Waals surface area contributed by atoms with Crippen LogP contribution < -0.4 is 9.62 Å². The number of hydrogen-bond donors (Lipinski definition) is 1. The van der Waals surface area contributed by atoms with Crippen molar-refractivity contribution in [2.75, 3.05) is 23.7 Å². The summed E-state index contributed by atoms with van der Waals surface area (Å²) >= 11 is 12.2. The lowest BCUT2D eigenvalue weighted by Gasteiger charge is -2.33. The maximum Gasteiger partial charge on any atom is 0.244 e. The molecule has 0 fully saturated rings. The highest BCUT2D eigenvalue weighted by Crippen LogP contribution is 2.27. The highest BCUT2D eigenvalue weighted by molar-refractivity contribution is 7.92. The summed E-state index contributed by atoms with van der Waals surface area (Å²) in [6, 6.07) is 11.3. The van der Waals surface area contributed by atoms with Gasteiger partial charge >= 0.3 is 0 Å². The van der Waals surface area contributed by atoms with E-state index in [9.17, 15) is 18.0 Å². The van der Waals surface area contributed by atoms with E-state index < -0.39 is 28.5 Å². The van der Waals surface area contributed by atoms with E-state index >= 15 is 0 Å². The Labute approximate surface area is 224 Å². The Bertz CT molecular complexity index is 1180. The average Bonchev–Trinajstić information content (AvgIpc) is 2.78. The van der Waals surface area contributed by atoms with Gasteiger partial charge in [0.05, 0.1) is 22.0 Å². The lowest BCUT2D eigenvalue weighted by atomic mass is 9.87. The van der Waals surface area contributed by atoms with Gasteiger partial charge in [-0.1, -0.05) is 69.1 Å². The number of nitrogens with zero attached hydrogens (tertiary/aromatic N) is 2. The van der Waals surface area contributed by atoms with Gasteiger partial charge in [0.15, 0.2) is 0 Å². The maximum absolute atomic E-state index is 13.6. The van der Waals surface area contributed by atoms with Crippen LogP contribution in [0.4, 0.5) is 5.69 Å². The Kier molecular flexibility index (Phi) is 10.2. The molecule has 0 unspecified atom stereocenters. The molecule has 10 heteroatoms. The van der Waals surface area contributed by atoms with Crippen molar-refractivity contribution in [1.29, 1.82) is 0 Å². The number of carbonyl (C=O) groups is 2. The first kappa shape index (κ1) is 29.9. The second-order valence-electron chi connectivity index (χ2n) is 9.66. The third kappa shape index (κ3) is 7.85. The van der Waals surface area contributed by atoms with Crippen LogP contribution in [0.2, 0.25) is 10.0 Å². The number of carbonyl (C=O) groups excluding carboxylic acids is 2. The lowest BCUT2D eigenvalue weighted by Crippen LogP contribution is -2.52. The van der Waals surface area contributed by atoms with E-state index in [4.69, 9.17) is 23.2 Å². The number of rotatable bonds is 10. The molecule has 0 saturated heterocycles. The molecular weight excluding hydrogens is 521 g/mol. The molecule has 2 aromatic rings. The molecule has 0 saturated carbocycles. The van der Waals surface area contributed by atoms with Crippen LogP contribution >= 0.6 is 23.2 Å². The summed E-state index contributed by atoms with van der Waals surface area (Å²) in [7, 11) is -3.80. The molecule has 198 valence electrons. The normalized spacial score (nSPS) is 12.7. The minimum atomic E-state index is -3.80. The number of hydrogen-bond acceptors (Lipinski definition) is 4. The van der Waals surface area contributed by atoms with E-state index in [0.717, 1.165) is 16.1 Å². The number of nitrogens with one attached hydrogen (secondary N) is 1. The summed E-state index contributed by atoms with van der Waals surface area (Å²) in [5.41, 5.74) is 1.97. The van der Waals surface area contributed by atoms with Crippen LogP contribution in [0.1, 0.15) is 52.2 Å². The molecule has 0 radical (unpaired) electrons. The van der Waals surface area contributed by atoms with Crippen LogP contribution in [0.15, 0.2) is 42.5 Å². The summed E-state index contributed by atoms with van der Waals surface area (Å²) in [5.74, 6) is -0.821. The number of benzene rings is 2. The third-order valence-corrected chi connectivity index (χ3v) is 7.65. The van der Waals surface area contributed by atoms with Crippen molar-refractivity contribution >= 4 is 50.7 Å². The molecule has 0 aliphatic heterocycles. The first-order valence-electron chi connectivity index (χ1n) is 11.8. The summed E-state index contributed by atoms with van der Waals surface area (Å²) in [5, 5.41) is 3.46. The Morgan fingerprint density at radius 3 is 2.08 bits per heavy atom. The number of anilines is 1. The molecule has 7 nitrogen and oxygen atoms in total. The highest BCUT2D eigenvalue weighted by atomic mass is 35.5. The van der Waals surface area contributed by atoms with Gasteiger partial charge in [0.25, 0.3) is 0 Å². The zero-order chi connectivity index (χ0) is 27.3. The van der Waals surface area contributed by atoms with Crippen LogP contribution in [0.25, 0.3) is 0 Å². The molecule has 1 N–H and O–H groups in total. The predicted molar refractivity (Wildman–Crippen MR) is 147 cm³/mol. The average molecular weight is 557 g/mol. The summed E-state index contributed by atoms with van der Waals surface area (Å²) in [6.07, 6.45) is 1.40. The Morgan fingerprint density at radius 1 is 1.00 bits per heavy atom. The van der Waals surface area contributed by atoms with E-state index in [1.807, 2.05) is 12.1 Å². The van der Waals surface area contributed by atoms with Crippen LogP contribution in [0.3, 0.4) is 0 Å². The molecule has 0 aliphatic rings. The molecule has 2 rings (SSSR count). The fourth-order valence-corrected chi connectivity index (χ4v) is 4.96. The summed E-state index contributed by atoms with van der Waals surface area (Å²) in [4.78, 5) is 27.9. The lowest BCUT2D eigenvalue weighted by molar-refractivity contribution is -0.140. The third-order valence-electron chi connectivity index (χ3n) is 5.77. The number of likely N-dealkylation sites (N-methyl/N-ethyl adjacent to an activating group) is 1. The van der Waals surface area contributed by atoms with Crippen molar-refractivity contribution in [2.45, 2.75) is 59.0 Å². The molecule has 36 heavy (non-hydrogen) atoms. The van der Waals surface area contributed by atoms with Crippen molar-refractivity contribution in [1.82, 2.24) is 10.2 Å². The van der Waals surface area contributed by atoms with Gasteiger partial charge in [-0.3, -0.25) is 13.9 Å². The number of halogens is 2. The minimum absolute atomic E-state index is 0.0614. The monoisotopic (exact) mass is 555 g/mol. The van der Waals surface area contributed by atoms with E-state index in [-0.39, 0.29) is 17.9 Å². The van der Waals surface area contributed by atoms with Crippen LogP contribution in [0.5, 0.6) is 0 Å². The van der Waals surface area contributed by atoms with E-state index in [1.165, 1.54) is 4.90 Å². The van der Waals surface area contributed by atoms with Gasteiger partial charge in [-0.2, -0.15) is 0 Å². The van der Waals surface area contributed by atoms with Crippen molar-refractivity contribution in [3.8, 4) is 0 Å². The molecule has 2 aromatic carbocycles. The van der Waals surface area contributed by atoms with Gasteiger partial charge in [-0.05, 0) is 54.2 Å². The van der Waals surface area contributed by atoms with E-state index in [1.54, 1.807) is 44.2 Å². The molecule has 2 amide bonds. The van der Waals surface area contributed by atoms with E-state index in [2.05, 4.69) is 26.1 Å². The molecule has 0 aromatic heterocycles. The molecule has 0 spiro atoms. The maximum atomic E-state index is 13.6. The Morgan fingerprint density at radius 2 is 1.61 bits per heavy atom. The standard InChI is InChI=1S/C26H35Cl2N3O4S/c1-7-23(25(33)29-8-2)30(16-18-9-14-21(27)22(28)15-18)24(32)17-31(36(6,34)35)20-12-10-19(11-13-20)26(3,4)5/h9-15,23H,7-8,16-17H2,1-6H3,(H,29,33)/t23-/m0/s1. The van der Waals surface area contributed by atoms with Gasteiger partial charge in [0, 0.05) is 13.1 Å². The highest BCUT2D eigenvalue weighted by Gasteiger charge is 2.31. The largest absolute Gasteiger partial charge is 0.355 e. The molecule has 0 aliphatic carbocycles. The van der Waals surface area contributed by atoms with Crippen molar-refractivity contribution in [2.24, 2.45) is 0 Å². The van der Waals surface area contributed by atoms with Crippen molar-refractivity contribution in [3.05, 3.63) is 63.6 Å². The van der Waals surface area contributed by atoms with Gasteiger partial charge in [-0.25, -0.2) is 8.42 Å². The molecule has 1 atom stereocenters. The van der Waals surface area contributed by atoms with E-state index in [0.29, 0.717) is 34.3 Å². The van der Waals surface area contributed by atoms with Gasteiger partial charge in [0.2, 0.25) is 21.8 Å². The molecule has 0 bridgehead atoms. The molecular formula is C26H35Cl2N3O4S. The van der Waals surface area contributed by atoms with Crippen LogP contribution in [-0.4, -0.2) is 50.5 Å². The summed E-state index contributed by atoms with van der Waals surface area (Å²) in [6.45, 7) is 9.79. The second kappa shape index (κ2) is 12.3. The topological polar surface area (TPSA) is 86.8 Å². The summed E-state index contributed by atoms with van der Waals surface area (Å²) < 4.78 is 26.5. The quantitative estimate of drug-likeness (QED) is 0.446. The van der Waals surface area contributed by atoms with Gasteiger partial charge in [-0.15, -0.1) is 0 Å². The predicted octanol–water partition coefficient (Wildman–Crippen LogP) is 5.00. The number of sulfonamides is 1. The van der Waals surface area contributed by atoms with Gasteiger partial charge in [0.1, 0.15) is 12.6 Å². The van der Waals surface area contributed by atoms with Crippen LogP contribution in [0, 0.1) is 0 Å².